The molecule has 2 atom stereocenters. The van der Waals surface area contributed by atoms with E-state index in [1.54, 1.807) is 0 Å². The van der Waals surface area contributed by atoms with Crippen LogP contribution in [0.3, 0.4) is 0 Å². The average Bonchev–Trinajstić information content (AvgIpc) is 2.26. The van der Waals surface area contributed by atoms with Crippen LogP contribution >= 0.6 is 0 Å². The van der Waals surface area contributed by atoms with E-state index in [2.05, 4.69) is 0 Å². The second-order valence-electron chi connectivity index (χ2n) is 3.33. The Hall–Kier alpha value is -0.990. The first-order valence-corrected chi connectivity index (χ1v) is 6.10. The molecule has 0 amide bonds. The smallest absolute Gasteiger partial charge is 0.238 e. The van der Waals surface area contributed by atoms with Crippen LogP contribution in [0.25, 0.3) is 0 Å². The highest BCUT2D eigenvalue weighted by molar-refractivity contribution is 7.89. The van der Waals surface area contributed by atoms with Crippen molar-refractivity contribution in [3.63, 3.8) is 0 Å². The van der Waals surface area contributed by atoms with Crippen LogP contribution in [-0.2, 0) is 10.0 Å². The van der Waals surface area contributed by atoms with E-state index in [1.807, 2.05) is 0 Å². The van der Waals surface area contributed by atoms with Crippen molar-refractivity contribution in [3.05, 3.63) is 29.8 Å². The Morgan fingerprint density at radius 1 is 1.25 bits per heavy atom. The molecule has 0 fully saturated rings. The molecule has 6 nitrogen and oxygen atoms in total. The lowest BCUT2D eigenvalue weighted by Crippen LogP contribution is -2.28. The van der Waals surface area contributed by atoms with E-state index < -0.39 is 22.2 Å². The normalized spacial score (nSPS) is 15.8. The molecule has 16 heavy (non-hydrogen) atoms. The van der Waals surface area contributed by atoms with E-state index in [1.165, 1.54) is 24.3 Å². The number of rotatable bonds is 4. The van der Waals surface area contributed by atoms with Crippen molar-refractivity contribution in [3.8, 4) is 0 Å². The molecule has 7 heteroatoms. The number of nitrogens with two attached hydrogens (primary N) is 2. The van der Waals surface area contributed by atoms with Gasteiger partial charge in [0, 0.05) is 12.1 Å². The van der Waals surface area contributed by atoms with Gasteiger partial charge in [-0.05, 0) is 6.07 Å². The zero-order valence-electron chi connectivity index (χ0n) is 8.45. The second kappa shape index (κ2) is 4.89. The van der Waals surface area contributed by atoms with Gasteiger partial charge in [-0.2, -0.15) is 0 Å². The number of benzene rings is 1. The van der Waals surface area contributed by atoms with Crippen molar-refractivity contribution in [1.29, 1.82) is 0 Å². The van der Waals surface area contributed by atoms with Gasteiger partial charge in [0.1, 0.15) is 6.10 Å². The molecule has 6 N–H and O–H groups in total. The van der Waals surface area contributed by atoms with Gasteiger partial charge in [0.2, 0.25) is 10.0 Å². The lowest BCUT2D eigenvalue weighted by Gasteiger charge is -2.18. The molecule has 0 saturated heterocycles. The molecule has 0 spiro atoms. The van der Waals surface area contributed by atoms with Gasteiger partial charge in [0.05, 0.1) is 11.0 Å². The Labute approximate surface area is 93.6 Å². The SMILES string of the molecule is NCC(O)C(O)c1ccccc1S(N)(=O)=O. The summed E-state index contributed by atoms with van der Waals surface area (Å²) in [5.74, 6) is 0. The van der Waals surface area contributed by atoms with E-state index >= 15 is 0 Å². The van der Waals surface area contributed by atoms with Crippen LogP contribution in [0.5, 0.6) is 0 Å². The van der Waals surface area contributed by atoms with E-state index in [9.17, 15) is 18.6 Å². The predicted molar refractivity (Wildman–Crippen MR) is 57.8 cm³/mol. The quantitative estimate of drug-likeness (QED) is 0.524. The molecule has 0 aromatic heterocycles. The fraction of sp³-hybridized carbons (Fsp3) is 0.333. The first-order valence-electron chi connectivity index (χ1n) is 4.56. The molecule has 0 radical (unpaired) electrons. The van der Waals surface area contributed by atoms with Crippen molar-refractivity contribution in [1.82, 2.24) is 0 Å². The van der Waals surface area contributed by atoms with Crippen LogP contribution in [0.15, 0.2) is 29.2 Å². The maximum absolute atomic E-state index is 11.2. The van der Waals surface area contributed by atoms with Crippen molar-refractivity contribution < 1.29 is 18.6 Å². The maximum Gasteiger partial charge on any atom is 0.238 e. The Morgan fingerprint density at radius 2 is 1.81 bits per heavy atom. The highest BCUT2D eigenvalue weighted by atomic mass is 32.2. The van der Waals surface area contributed by atoms with Crippen molar-refractivity contribution in [2.75, 3.05) is 6.54 Å². The number of aliphatic hydroxyl groups is 2. The van der Waals surface area contributed by atoms with E-state index in [4.69, 9.17) is 10.9 Å². The molecular formula is C9H14N2O4S. The van der Waals surface area contributed by atoms with Gasteiger partial charge in [-0.25, -0.2) is 13.6 Å². The van der Waals surface area contributed by atoms with Gasteiger partial charge in [-0.15, -0.1) is 0 Å². The molecule has 0 bridgehead atoms. The Bertz CT molecular complexity index is 460. The first-order chi connectivity index (χ1) is 7.38. The topological polar surface area (TPSA) is 127 Å². The molecule has 0 aliphatic heterocycles. The molecule has 1 aromatic rings. The molecular weight excluding hydrogens is 232 g/mol. The summed E-state index contributed by atoms with van der Waals surface area (Å²) in [6, 6.07) is 5.65. The van der Waals surface area contributed by atoms with Crippen molar-refractivity contribution in [2.45, 2.75) is 17.1 Å². The zero-order chi connectivity index (χ0) is 12.3. The van der Waals surface area contributed by atoms with E-state index in [0.29, 0.717) is 0 Å². The second-order valence-corrected chi connectivity index (χ2v) is 4.86. The van der Waals surface area contributed by atoms with Gasteiger partial charge < -0.3 is 15.9 Å². The van der Waals surface area contributed by atoms with Crippen molar-refractivity contribution in [2.24, 2.45) is 10.9 Å². The van der Waals surface area contributed by atoms with Crippen LogP contribution in [0.1, 0.15) is 11.7 Å². The lowest BCUT2D eigenvalue weighted by atomic mass is 10.0. The largest absolute Gasteiger partial charge is 0.389 e. The summed E-state index contributed by atoms with van der Waals surface area (Å²) in [5, 5.41) is 24.0. The minimum atomic E-state index is -3.93. The highest BCUT2D eigenvalue weighted by Crippen LogP contribution is 2.23. The number of hydrogen-bond acceptors (Lipinski definition) is 5. The van der Waals surface area contributed by atoms with Gasteiger partial charge >= 0.3 is 0 Å². The third-order valence-corrected chi connectivity index (χ3v) is 3.13. The van der Waals surface area contributed by atoms with Crippen LogP contribution in [-0.4, -0.2) is 31.3 Å². The standard InChI is InChI=1S/C9H14N2O4S/c10-5-7(12)9(13)6-3-1-2-4-8(6)16(11,14)15/h1-4,7,9,12-13H,5,10H2,(H2,11,14,15). The van der Waals surface area contributed by atoms with Crippen LogP contribution in [0, 0.1) is 0 Å². The Kier molecular flexibility index (Phi) is 4.00. The molecule has 0 aliphatic rings. The van der Waals surface area contributed by atoms with Gasteiger partial charge in [0.25, 0.3) is 0 Å². The summed E-state index contributed by atoms with van der Waals surface area (Å²) in [5.41, 5.74) is 5.22. The van der Waals surface area contributed by atoms with Crippen LogP contribution in [0.2, 0.25) is 0 Å². The van der Waals surface area contributed by atoms with E-state index in [0.717, 1.165) is 0 Å². The minimum absolute atomic E-state index is 0.0444. The Balaban J connectivity index is 3.24. The summed E-state index contributed by atoms with van der Waals surface area (Å²) in [7, 11) is -3.93. The molecule has 1 aromatic carbocycles. The first kappa shape index (κ1) is 13.1. The summed E-state index contributed by atoms with van der Waals surface area (Å²) < 4.78 is 22.4. The number of primary sulfonamides is 1. The fourth-order valence-corrected chi connectivity index (χ4v) is 2.11. The predicted octanol–water partition coefficient (Wildman–Crippen LogP) is -1.31. The average molecular weight is 246 g/mol. The molecule has 2 unspecified atom stereocenters. The number of hydrogen-bond donors (Lipinski definition) is 4. The number of sulfonamides is 1. The van der Waals surface area contributed by atoms with E-state index in [-0.39, 0.29) is 17.0 Å². The molecule has 0 heterocycles. The Morgan fingerprint density at radius 3 is 2.31 bits per heavy atom. The highest BCUT2D eigenvalue weighted by Gasteiger charge is 2.23. The van der Waals surface area contributed by atoms with Gasteiger partial charge in [-0.1, -0.05) is 18.2 Å². The molecule has 1 rings (SSSR count). The summed E-state index contributed by atoms with van der Waals surface area (Å²) in [6.45, 7) is -0.180. The molecule has 90 valence electrons. The summed E-state index contributed by atoms with van der Waals surface area (Å²) in [6.07, 6.45) is -2.61. The molecule has 0 saturated carbocycles. The van der Waals surface area contributed by atoms with Crippen molar-refractivity contribution >= 4 is 10.0 Å². The monoisotopic (exact) mass is 246 g/mol. The summed E-state index contributed by atoms with van der Waals surface area (Å²) in [4.78, 5) is -0.213. The van der Waals surface area contributed by atoms with Crippen LogP contribution in [0.4, 0.5) is 0 Å². The maximum atomic E-state index is 11.2. The van der Waals surface area contributed by atoms with Crippen LogP contribution < -0.4 is 10.9 Å². The minimum Gasteiger partial charge on any atom is -0.389 e. The number of aliphatic hydroxyl groups excluding tert-OH is 2. The van der Waals surface area contributed by atoms with Gasteiger partial charge in [-0.3, -0.25) is 0 Å². The fourth-order valence-electron chi connectivity index (χ4n) is 1.32. The summed E-state index contributed by atoms with van der Waals surface area (Å²) >= 11 is 0. The van der Waals surface area contributed by atoms with Gasteiger partial charge in [0.15, 0.2) is 0 Å². The lowest BCUT2D eigenvalue weighted by molar-refractivity contribution is 0.0227. The zero-order valence-corrected chi connectivity index (χ0v) is 9.26. The third-order valence-electron chi connectivity index (χ3n) is 2.15. The molecule has 0 aliphatic carbocycles. The third kappa shape index (κ3) is 2.77.